The van der Waals surface area contributed by atoms with Crippen molar-refractivity contribution in [3.63, 3.8) is 0 Å². The molecule has 18 heavy (non-hydrogen) atoms. The Balaban J connectivity index is 2.40. The molecule has 2 rings (SSSR count). The summed E-state index contributed by atoms with van der Waals surface area (Å²) >= 11 is 0. The summed E-state index contributed by atoms with van der Waals surface area (Å²) in [7, 11) is -3.52. The summed E-state index contributed by atoms with van der Waals surface area (Å²) in [6.45, 7) is 7.17. The third kappa shape index (κ3) is 2.17. The maximum Gasteiger partial charge on any atom is 0.248 e. The highest BCUT2D eigenvalue weighted by atomic mass is 32.2. The van der Waals surface area contributed by atoms with Crippen LogP contribution in [0.15, 0.2) is 9.42 Å². The summed E-state index contributed by atoms with van der Waals surface area (Å²) < 4.78 is 31.8. The van der Waals surface area contributed by atoms with Crippen molar-refractivity contribution in [2.24, 2.45) is 0 Å². The van der Waals surface area contributed by atoms with E-state index >= 15 is 0 Å². The van der Waals surface area contributed by atoms with Crippen LogP contribution in [-0.2, 0) is 10.0 Å². The van der Waals surface area contributed by atoms with E-state index in [0.717, 1.165) is 13.0 Å². The second kappa shape index (κ2) is 4.99. The maximum absolute atomic E-state index is 12.7. The van der Waals surface area contributed by atoms with Gasteiger partial charge in [-0.25, -0.2) is 8.42 Å². The van der Waals surface area contributed by atoms with Crippen molar-refractivity contribution < 1.29 is 12.9 Å². The van der Waals surface area contributed by atoms with Crippen LogP contribution in [0, 0.1) is 13.8 Å². The molecule has 1 aliphatic heterocycles. The Morgan fingerprint density at radius 1 is 1.50 bits per heavy atom. The number of hydrogen-bond acceptors (Lipinski definition) is 5. The summed E-state index contributed by atoms with van der Waals surface area (Å²) in [5, 5.41) is 6.92. The molecule has 1 N–H and O–H groups in total. The molecule has 0 radical (unpaired) electrons. The molecular weight excluding hydrogens is 254 g/mol. The molecule has 1 atom stereocenters. The van der Waals surface area contributed by atoms with Crippen molar-refractivity contribution in [3.8, 4) is 0 Å². The van der Waals surface area contributed by atoms with Crippen LogP contribution in [-0.4, -0.2) is 43.6 Å². The van der Waals surface area contributed by atoms with Crippen molar-refractivity contribution >= 4 is 10.0 Å². The second-order valence-electron chi connectivity index (χ2n) is 4.51. The zero-order valence-corrected chi connectivity index (χ0v) is 11.7. The molecule has 0 bridgehead atoms. The number of sulfonamides is 1. The van der Waals surface area contributed by atoms with Gasteiger partial charge >= 0.3 is 0 Å². The molecule has 2 heterocycles. The highest BCUT2D eigenvalue weighted by Gasteiger charge is 2.35. The number of nitrogens with one attached hydrogen (secondary N) is 1. The summed E-state index contributed by atoms with van der Waals surface area (Å²) in [6, 6.07) is 0.0219. The summed E-state index contributed by atoms with van der Waals surface area (Å²) in [6.07, 6.45) is 0.844. The lowest BCUT2D eigenvalue weighted by Gasteiger charge is -2.25. The molecule has 7 heteroatoms. The first-order valence-electron chi connectivity index (χ1n) is 6.14. The molecule has 0 amide bonds. The highest BCUT2D eigenvalue weighted by Crippen LogP contribution is 2.26. The third-order valence-corrected chi connectivity index (χ3v) is 5.56. The van der Waals surface area contributed by atoms with E-state index in [1.807, 2.05) is 6.92 Å². The fourth-order valence-corrected chi connectivity index (χ4v) is 4.43. The molecule has 1 unspecified atom stereocenters. The van der Waals surface area contributed by atoms with Crippen LogP contribution in [0.25, 0.3) is 0 Å². The number of hydrogen-bond donors (Lipinski definition) is 1. The summed E-state index contributed by atoms with van der Waals surface area (Å²) in [5.41, 5.74) is 0.428. The van der Waals surface area contributed by atoms with Gasteiger partial charge in [-0.2, -0.15) is 4.31 Å². The van der Waals surface area contributed by atoms with Gasteiger partial charge in [0.25, 0.3) is 0 Å². The van der Waals surface area contributed by atoms with Gasteiger partial charge in [-0.15, -0.1) is 0 Å². The minimum atomic E-state index is -3.52. The smallest absolute Gasteiger partial charge is 0.248 e. The largest absolute Gasteiger partial charge is 0.360 e. The molecule has 1 aliphatic rings. The predicted molar refractivity (Wildman–Crippen MR) is 66.8 cm³/mol. The van der Waals surface area contributed by atoms with Gasteiger partial charge in [0.1, 0.15) is 10.6 Å². The van der Waals surface area contributed by atoms with Crippen LogP contribution < -0.4 is 5.32 Å². The van der Waals surface area contributed by atoms with Gasteiger partial charge in [-0.3, -0.25) is 0 Å². The first-order chi connectivity index (χ1) is 8.48. The van der Waals surface area contributed by atoms with Crippen LogP contribution >= 0.6 is 0 Å². The first kappa shape index (κ1) is 13.5. The average Bonchev–Trinajstić information content (AvgIpc) is 2.90. The zero-order valence-electron chi connectivity index (χ0n) is 10.9. The van der Waals surface area contributed by atoms with Gasteiger partial charge in [0.05, 0.1) is 0 Å². The van der Waals surface area contributed by atoms with Crippen LogP contribution in [0.5, 0.6) is 0 Å². The zero-order chi connectivity index (χ0) is 13.3. The topological polar surface area (TPSA) is 75.4 Å². The van der Waals surface area contributed by atoms with Gasteiger partial charge in [0.2, 0.25) is 10.0 Å². The lowest BCUT2D eigenvalue weighted by Crippen LogP contribution is -2.41. The quantitative estimate of drug-likeness (QED) is 0.872. The van der Waals surface area contributed by atoms with Crippen LogP contribution in [0.3, 0.4) is 0 Å². The van der Waals surface area contributed by atoms with E-state index in [-0.39, 0.29) is 10.9 Å². The Hall–Kier alpha value is -0.920. The number of likely N-dealkylation sites (N-methyl/N-ethyl adjacent to an activating group) is 1. The average molecular weight is 273 g/mol. The summed E-state index contributed by atoms with van der Waals surface area (Å²) in [4.78, 5) is 0.219. The predicted octanol–water partition coefficient (Wildman–Crippen LogP) is 0.664. The van der Waals surface area contributed by atoms with E-state index in [0.29, 0.717) is 24.5 Å². The van der Waals surface area contributed by atoms with Gasteiger partial charge < -0.3 is 9.84 Å². The standard InChI is InChI=1S/C11H19N3O3S/c1-4-14(10-5-6-12-7-10)18(15,16)11-8(2)13-17-9(11)3/h10,12H,4-7H2,1-3H3. The second-order valence-corrected chi connectivity index (χ2v) is 6.34. The molecule has 0 spiro atoms. The minimum absolute atomic E-state index is 0.0219. The Kier molecular flexibility index (Phi) is 3.74. The van der Waals surface area contributed by atoms with E-state index in [2.05, 4.69) is 10.5 Å². The fourth-order valence-electron chi connectivity index (χ4n) is 2.47. The molecule has 6 nitrogen and oxygen atoms in total. The van der Waals surface area contributed by atoms with Crippen LogP contribution in [0.1, 0.15) is 24.8 Å². The first-order valence-corrected chi connectivity index (χ1v) is 7.58. The fraction of sp³-hybridized carbons (Fsp3) is 0.727. The normalized spacial score (nSPS) is 20.8. The molecule has 0 aromatic carbocycles. The van der Waals surface area contributed by atoms with Crippen molar-refractivity contribution in [3.05, 3.63) is 11.5 Å². The van der Waals surface area contributed by atoms with Gasteiger partial charge in [0, 0.05) is 19.1 Å². The van der Waals surface area contributed by atoms with Gasteiger partial charge in [0.15, 0.2) is 5.76 Å². The number of rotatable bonds is 4. The van der Waals surface area contributed by atoms with E-state index in [1.54, 1.807) is 18.2 Å². The lowest BCUT2D eigenvalue weighted by molar-refractivity contribution is 0.347. The molecule has 0 aliphatic carbocycles. The summed E-state index contributed by atoms with van der Waals surface area (Å²) in [5.74, 6) is 0.358. The van der Waals surface area contributed by atoms with Crippen LogP contribution in [0.2, 0.25) is 0 Å². The van der Waals surface area contributed by atoms with Gasteiger partial charge in [-0.1, -0.05) is 12.1 Å². The highest BCUT2D eigenvalue weighted by molar-refractivity contribution is 7.89. The molecular formula is C11H19N3O3S. The van der Waals surface area contributed by atoms with Crippen molar-refractivity contribution in [1.82, 2.24) is 14.8 Å². The van der Waals surface area contributed by atoms with E-state index in [9.17, 15) is 8.42 Å². The SMILES string of the molecule is CCN(C1CCNC1)S(=O)(=O)c1c(C)noc1C. The molecule has 0 saturated carbocycles. The Morgan fingerprint density at radius 2 is 2.22 bits per heavy atom. The Morgan fingerprint density at radius 3 is 2.67 bits per heavy atom. The van der Waals surface area contributed by atoms with Crippen molar-refractivity contribution in [2.75, 3.05) is 19.6 Å². The molecule has 1 aromatic rings. The maximum atomic E-state index is 12.7. The molecule has 1 aromatic heterocycles. The molecule has 102 valence electrons. The minimum Gasteiger partial charge on any atom is -0.360 e. The van der Waals surface area contributed by atoms with Crippen molar-refractivity contribution in [2.45, 2.75) is 38.1 Å². The monoisotopic (exact) mass is 273 g/mol. The Bertz CT molecular complexity index is 498. The van der Waals surface area contributed by atoms with Crippen LogP contribution in [0.4, 0.5) is 0 Å². The van der Waals surface area contributed by atoms with Gasteiger partial charge in [-0.05, 0) is 26.8 Å². The van der Waals surface area contributed by atoms with E-state index < -0.39 is 10.0 Å². The van der Waals surface area contributed by atoms with E-state index in [4.69, 9.17) is 4.52 Å². The lowest BCUT2D eigenvalue weighted by atomic mass is 10.3. The Labute approximate surface area is 107 Å². The third-order valence-electron chi connectivity index (χ3n) is 3.29. The number of aromatic nitrogens is 1. The van der Waals surface area contributed by atoms with Crippen molar-refractivity contribution in [1.29, 1.82) is 0 Å². The number of nitrogens with zero attached hydrogens (tertiary/aromatic N) is 2. The molecule has 1 saturated heterocycles. The molecule has 1 fully saturated rings. The van der Waals surface area contributed by atoms with E-state index in [1.165, 1.54) is 0 Å². The number of aryl methyl sites for hydroxylation is 2.